The Morgan fingerprint density at radius 3 is 2.68 bits per heavy atom. The van der Waals surface area contributed by atoms with E-state index in [2.05, 4.69) is 36.6 Å². The Morgan fingerprint density at radius 1 is 1.28 bits per heavy atom. The molecule has 3 rings (SSSR count). The molecule has 0 aliphatic heterocycles. The number of pyridine rings is 1. The molecule has 0 fully saturated rings. The molecule has 0 radical (unpaired) electrons. The number of benzene rings is 1. The van der Waals surface area contributed by atoms with E-state index < -0.39 is 0 Å². The van der Waals surface area contributed by atoms with Crippen molar-refractivity contribution in [3.8, 4) is 11.4 Å². The van der Waals surface area contributed by atoms with Crippen molar-refractivity contribution in [1.29, 1.82) is 0 Å². The van der Waals surface area contributed by atoms with Gasteiger partial charge in [-0.15, -0.1) is 0 Å². The van der Waals surface area contributed by atoms with Gasteiger partial charge in [0.1, 0.15) is 5.82 Å². The second kappa shape index (κ2) is 6.84. The second-order valence-corrected chi connectivity index (χ2v) is 6.61. The summed E-state index contributed by atoms with van der Waals surface area (Å²) in [7, 11) is 3.49. The fraction of sp³-hybridized carbons (Fsp3) is 0.400. The largest absolute Gasteiger partial charge is 0.383 e. The van der Waals surface area contributed by atoms with Crippen molar-refractivity contribution >= 4 is 11.0 Å². The molecule has 0 bridgehead atoms. The average Bonchev–Trinajstić information content (AvgIpc) is 2.97. The van der Waals surface area contributed by atoms with Crippen LogP contribution in [0, 0.1) is 6.92 Å². The van der Waals surface area contributed by atoms with Crippen LogP contribution in [0.3, 0.4) is 0 Å². The number of methoxy groups -OCH3 is 1. The van der Waals surface area contributed by atoms with Gasteiger partial charge in [0.2, 0.25) is 0 Å². The molecular weight excluding hydrogens is 314 g/mol. The molecule has 132 valence electrons. The third-order valence-electron chi connectivity index (χ3n) is 4.63. The Bertz CT molecular complexity index is 943. The monoisotopic (exact) mass is 339 g/mol. The third-order valence-corrected chi connectivity index (χ3v) is 4.63. The van der Waals surface area contributed by atoms with Gasteiger partial charge in [0.05, 0.1) is 23.7 Å². The summed E-state index contributed by atoms with van der Waals surface area (Å²) in [6.45, 7) is 6.71. The minimum atomic E-state index is 0.0182. The Kier molecular flexibility index (Phi) is 4.77. The van der Waals surface area contributed by atoms with Crippen molar-refractivity contribution in [2.75, 3.05) is 13.7 Å². The van der Waals surface area contributed by atoms with Gasteiger partial charge in [0.25, 0.3) is 5.56 Å². The van der Waals surface area contributed by atoms with Gasteiger partial charge in [-0.3, -0.25) is 4.79 Å². The first kappa shape index (κ1) is 17.4. The van der Waals surface area contributed by atoms with Crippen molar-refractivity contribution in [2.24, 2.45) is 7.05 Å². The fourth-order valence-corrected chi connectivity index (χ4v) is 3.32. The number of aromatic nitrogens is 3. The van der Waals surface area contributed by atoms with Crippen LogP contribution >= 0.6 is 0 Å². The highest BCUT2D eigenvalue weighted by atomic mass is 16.5. The number of hydrogen-bond donors (Lipinski definition) is 0. The number of imidazole rings is 1. The standard InChI is InChI=1S/C20H25N3O2/c1-6-15-7-8-17-18(10-15)23(14(3)12-25-5)19(21-17)16-9-13(2)20(24)22(4)11-16/h7-11,14H,6,12H2,1-5H3/t14-/m0/s1. The van der Waals surface area contributed by atoms with Crippen LogP contribution < -0.4 is 5.56 Å². The number of fused-ring (bicyclic) bond motifs is 1. The fourth-order valence-electron chi connectivity index (χ4n) is 3.32. The summed E-state index contributed by atoms with van der Waals surface area (Å²) in [5, 5.41) is 0. The maximum absolute atomic E-state index is 12.0. The van der Waals surface area contributed by atoms with Gasteiger partial charge in [-0.1, -0.05) is 13.0 Å². The molecule has 2 heterocycles. The van der Waals surface area contributed by atoms with Gasteiger partial charge in [-0.2, -0.15) is 0 Å². The lowest BCUT2D eigenvalue weighted by atomic mass is 10.1. The molecule has 1 aromatic carbocycles. The van der Waals surface area contributed by atoms with Gasteiger partial charge < -0.3 is 13.9 Å². The zero-order valence-corrected chi connectivity index (χ0v) is 15.5. The van der Waals surface area contributed by atoms with Crippen LogP contribution in [0.1, 0.15) is 31.0 Å². The molecular formula is C20H25N3O2. The van der Waals surface area contributed by atoms with Gasteiger partial charge >= 0.3 is 0 Å². The number of nitrogens with zero attached hydrogens (tertiary/aromatic N) is 3. The van der Waals surface area contributed by atoms with E-state index in [9.17, 15) is 4.79 Å². The van der Waals surface area contributed by atoms with E-state index in [1.54, 1.807) is 18.7 Å². The normalized spacial score (nSPS) is 12.7. The molecule has 0 saturated carbocycles. The highest BCUT2D eigenvalue weighted by Gasteiger charge is 2.18. The minimum absolute atomic E-state index is 0.0182. The predicted octanol–water partition coefficient (Wildman–Crippen LogP) is 3.48. The highest BCUT2D eigenvalue weighted by Crippen LogP contribution is 2.29. The van der Waals surface area contributed by atoms with Crippen molar-refractivity contribution in [2.45, 2.75) is 33.2 Å². The summed E-state index contributed by atoms with van der Waals surface area (Å²) in [6, 6.07) is 8.45. The topological polar surface area (TPSA) is 49.0 Å². The number of ether oxygens (including phenoxy) is 1. The summed E-state index contributed by atoms with van der Waals surface area (Å²) in [5.74, 6) is 0.867. The summed E-state index contributed by atoms with van der Waals surface area (Å²) in [4.78, 5) is 16.9. The van der Waals surface area contributed by atoms with Crippen LogP contribution in [0.15, 0.2) is 35.3 Å². The zero-order chi connectivity index (χ0) is 18.1. The summed E-state index contributed by atoms with van der Waals surface area (Å²) < 4.78 is 9.22. The molecule has 0 amide bonds. The summed E-state index contributed by atoms with van der Waals surface area (Å²) in [5.41, 5.74) is 5.02. The highest BCUT2D eigenvalue weighted by molar-refractivity contribution is 5.81. The van der Waals surface area contributed by atoms with E-state index >= 15 is 0 Å². The Morgan fingerprint density at radius 2 is 2.04 bits per heavy atom. The summed E-state index contributed by atoms with van der Waals surface area (Å²) >= 11 is 0. The van der Waals surface area contributed by atoms with Crippen LogP contribution in [0.2, 0.25) is 0 Å². The van der Waals surface area contributed by atoms with Gasteiger partial charge in [-0.25, -0.2) is 4.98 Å². The lowest BCUT2D eigenvalue weighted by Crippen LogP contribution is -2.19. The molecule has 3 aromatic rings. The Hall–Kier alpha value is -2.40. The molecule has 0 spiro atoms. The smallest absolute Gasteiger partial charge is 0.253 e. The first-order valence-corrected chi connectivity index (χ1v) is 8.63. The third kappa shape index (κ3) is 3.12. The number of hydrogen-bond acceptors (Lipinski definition) is 3. The SMILES string of the molecule is CCc1ccc2nc(-c3cc(C)c(=O)n(C)c3)n([C@@H](C)COC)c2c1. The maximum atomic E-state index is 12.0. The first-order chi connectivity index (χ1) is 12.0. The molecule has 5 nitrogen and oxygen atoms in total. The summed E-state index contributed by atoms with van der Waals surface area (Å²) in [6.07, 6.45) is 2.83. The van der Waals surface area contributed by atoms with E-state index in [4.69, 9.17) is 9.72 Å². The van der Waals surface area contributed by atoms with Crippen LogP contribution in [0.25, 0.3) is 22.4 Å². The van der Waals surface area contributed by atoms with E-state index in [0.717, 1.165) is 28.8 Å². The Labute approximate surface area is 147 Å². The van der Waals surface area contributed by atoms with Crippen LogP contribution in [0.4, 0.5) is 0 Å². The Balaban J connectivity index is 2.30. The van der Waals surface area contributed by atoms with Crippen molar-refractivity contribution < 1.29 is 4.74 Å². The van der Waals surface area contributed by atoms with Crippen LogP contribution in [-0.4, -0.2) is 27.8 Å². The number of rotatable bonds is 5. The van der Waals surface area contributed by atoms with E-state index in [-0.39, 0.29) is 11.6 Å². The predicted molar refractivity (Wildman–Crippen MR) is 101 cm³/mol. The molecule has 0 aliphatic rings. The van der Waals surface area contributed by atoms with Gasteiger partial charge in [-0.05, 0) is 44.0 Å². The van der Waals surface area contributed by atoms with Crippen molar-refractivity contribution in [1.82, 2.24) is 14.1 Å². The molecule has 0 aliphatic carbocycles. The average molecular weight is 339 g/mol. The molecule has 1 atom stereocenters. The van der Waals surface area contributed by atoms with Crippen molar-refractivity contribution in [3.63, 3.8) is 0 Å². The molecule has 5 heteroatoms. The van der Waals surface area contributed by atoms with Crippen molar-refractivity contribution in [3.05, 3.63) is 51.9 Å². The van der Waals surface area contributed by atoms with Gasteiger partial charge in [0, 0.05) is 31.5 Å². The number of aryl methyl sites for hydroxylation is 3. The lowest BCUT2D eigenvalue weighted by Gasteiger charge is -2.17. The lowest BCUT2D eigenvalue weighted by molar-refractivity contribution is 0.164. The zero-order valence-electron chi connectivity index (χ0n) is 15.5. The minimum Gasteiger partial charge on any atom is -0.383 e. The van der Waals surface area contributed by atoms with E-state index in [0.29, 0.717) is 12.2 Å². The molecule has 2 aromatic heterocycles. The van der Waals surface area contributed by atoms with Crippen LogP contribution in [-0.2, 0) is 18.2 Å². The van der Waals surface area contributed by atoms with Crippen LogP contribution in [0.5, 0.6) is 0 Å². The second-order valence-electron chi connectivity index (χ2n) is 6.61. The molecule has 0 N–H and O–H groups in total. The maximum Gasteiger partial charge on any atom is 0.253 e. The molecule has 0 saturated heterocycles. The molecule has 0 unspecified atom stereocenters. The van der Waals surface area contributed by atoms with Gasteiger partial charge in [0.15, 0.2) is 0 Å². The van der Waals surface area contributed by atoms with E-state index in [1.807, 2.05) is 19.2 Å². The van der Waals surface area contributed by atoms with E-state index in [1.165, 1.54) is 5.56 Å². The molecule has 25 heavy (non-hydrogen) atoms. The first-order valence-electron chi connectivity index (χ1n) is 8.63. The quantitative estimate of drug-likeness (QED) is 0.715.